The van der Waals surface area contributed by atoms with Crippen LogP contribution in [0.4, 0.5) is 4.39 Å². The number of hydrogen-bond acceptors (Lipinski definition) is 1. The van der Waals surface area contributed by atoms with E-state index in [1.165, 1.54) is 12.0 Å². The lowest BCUT2D eigenvalue weighted by Crippen LogP contribution is -2.24. The van der Waals surface area contributed by atoms with Crippen LogP contribution in [-0.2, 0) is 6.42 Å². The second-order valence-electron chi connectivity index (χ2n) is 4.82. The quantitative estimate of drug-likeness (QED) is 0.821. The minimum atomic E-state index is -0.0367. The Balaban J connectivity index is 2.03. The highest BCUT2D eigenvalue weighted by Gasteiger charge is 2.24. The smallest absolute Gasteiger partial charge is 0.126 e. The zero-order valence-electron chi connectivity index (χ0n) is 10.1. The van der Waals surface area contributed by atoms with Crippen LogP contribution in [-0.4, -0.2) is 6.54 Å². The van der Waals surface area contributed by atoms with Crippen molar-refractivity contribution in [2.45, 2.75) is 39.2 Å². The van der Waals surface area contributed by atoms with E-state index in [-0.39, 0.29) is 5.82 Å². The van der Waals surface area contributed by atoms with E-state index in [0.717, 1.165) is 24.9 Å². The van der Waals surface area contributed by atoms with Gasteiger partial charge in [0.2, 0.25) is 0 Å². The van der Waals surface area contributed by atoms with Crippen molar-refractivity contribution in [1.29, 1.82) is 0 Å². The molecule has 0 aliphatic heterocycles. The van der Waals surface area contributed by atoms with Crippen molar-refractivity contribution < 1.29 is 4.39 Å². The molecular formula is C14H20FN. The molecule has 1 aromatic carbocycles. The van der Waals surface area contributed by atoms with E-state index in [2.05, 4.69) is 25.2 Å². The number of halogens is 1. The largest absolute Gasteiger partial charge is 0.310 e. The van der Waals surface area contributed by atoms with Gasteiger partial charge in [-0.05, 0) is 42.5 Å². The number of hydrogen-bond donors (Lipinski definition) is 1. The lowest BCUT2D eigenvalue weighted by Gasteiger charge is -2.17. The van der Waals surface area contributed by atoms with E-state index in [1.54, 1.807) is 6.07 Å². The maximum Gasteiger partial charge on any atom is 0.126 e. The summed E-state index contributed by atoms with van der Waals surface area (Å²) in [5.74, 6) is 0.656. The third kappa shape index (κ3) is 2.27. The summed E-state index contributed by atoms with van der Waals surface area (Å²) in [5.41, 5.74) is 2.09. The fourth-order valence-electron chi connectivity index (χ4n) is 2.31. The van der Waals surface area contributed by atoms with E-state index >= 15 is 0 Å². The predicted octanol–water partition coefficient (Wildman–Crippen LogP) is 3.45. The Hall–Kier alpha value is -0.890. The normalized spacial score (nSPS) is 20.8. The van der Waals surface area contributed by atoms with Crippen molar-refractivity contribution >= 4 is 0 Å². The molecule has 0 fully saturated rings. The monoisotopic (exact) mass is 221 g/mol. The van der Waals surface area contributed by atoms with Crippen LogP contribution in [0.25, 0.3) is 0 Å². The minimum Gasteiger partial charge on any atom is -0.310 e. The maximum absolute atomic E-state index is 13.5. The molecule has 1 aliphatic carbocycles. The molecule has 0 heterocycles. The second kappa shape index (κ2) is 4.96. The standard InChI is InChI=1S/C14H20FN/c1-3-10(2)9-16-14-8-7-11-12(14)5-4-6-13(11)15/h4-6,10,14,16H,3,7-9H2,1-2H3. The maximum atomic E-state index is 13.5. The molecule has 2 heteroatoms. The lowest BCUT2D eigenvalue weighted by atomic mass is 10.1. The molecule has 0 saturated carbocycles. The van der Waals surface area contributed by atoms with Crippen molar-refractivity contribution in [3.8, 4) is 0 Å². The molecule has 88 valence electrons. The average Bonchev–Trinajstić information content (AvgIpc) is 2.70. The zero-order chi connectivity index (χ0) is 11.5. The average molecular weight is 221 g/mol. The Morgan fingerprint density at radius 1 is 1.50 bits per heavy atom. The van der Waals surface area contributed by atoms with Gasteiger partial charge in [0.1, 0.15) is 5.82 Å². The summed E-state index contributed by atoms with van der Waals surface area (Å²) in [6, 6.07) is 5.80. The number of benzene rings is 1. The van der Waals surface area contributed by atoms with Crippen molar-refractivity contribution in [3.63, 3.8) is 0 Å². The highest BCUT2D eigenvalue weighted by Crippen LogP contribution is 2.32. The molecule has 0 amide bonds. The van der Waals surface area contributed by atoms with Crippen LogP contribution >= 0.6 is 0 Å². The Kier molecular flexibility index (Phi) is 3.59. The van der Waals surface area contributed by atoms with Gasteiger partial charge >= 0.3 is 0 Å². The molecule has 1 aliphatic rings. The van der Waals surface area contributed by atoms with Crippen LogP contribution in [0.1, 0.15) is 43.9 Å². The van der Waals surface area contributed by atoms with E-state index in [0.29, 0.717) is 12.0 Å². The van der Waals surface area contributed by atoms with Gasteiger partial charge in [0.25, 0.3) is 0 Å². The lowest BCUT2D eigenvalue weighted by molar-refractivity contribution is 0.443. The highest BCUT2D eigenvalue weighted by atomic mass is 19.1. The Bertz CT molecular complexity index is 362. The van der Waals surface area contributed by atoms with Crippen molar-refractivity contribution in [2.75, 3.05) is 6.54 Å². The predicted molar refractivity (Wildman–Crippen MR) is 64.9 cm³/mol. The van der Waals surface area contributed by atoms with E-state index in [9.17, 15) is 4.39 Å². The number of rotatable bonds is 4. The number of nitrogens with one attached hydrogen (secondary N) is 1. The Morgan fingerprint density at radius 2 is 2.31 bits per heavy atom. The van der Waals surface area contributed by atoms with Gasteiger partial charge in [-0.15, -0.1) is 0 Å². The molecule has 0 saturated heterocycles. The van der Waals surface area contributed by atoms with Gasteiger partial charge in [0.05, 0.1) is 0 Å². The van der Waals surface area contributed by atoms with Crippen LogP contribution in [0.15, 0.2) is 18.2 Å². The summed E-state index contributed by atoms with van der Waals surface area (Å²) in [4.78, 5) is 0. The first-order valence-electron chi connectivity index (χ1n) is 6.23. The molecule has 0 spiro atoms. The van der Waals surface area contributed by atoms with Crippen molar-refractivity contribution in [2.24, 2.45) is 5.92 Å². The fraction of sp³-hybridized carbons (Fsp3) is 0.571. The van der Waals surface area contributed by atoms with Crippen LogP contribution in [0, 0.1) is 11.7 Å². The van der Waals surface area contributed by atoms with Crippen LogP contribution in [0.2, 0.25) is 0 Å². The molecule has 2 rings (SSSR count). The van der Waals surface area contributed by atoms with Gasteiger partial charge in [-0.3, -0.25) is 0 Å². The molecule has 0 bridgehead atoms. The molecule has 16 heavy (non-hydrogen) atoms. The van der Waals surface area contributed by atoms with E-state index in [1.807, 2.05) is 6.07 Å². The first kappa shape index (κ1) is 11.6. The van der Waals surface area contributed by atoms with Crippen LogP contribution < -0.4 is 5.32 Å². The Morgan fingerprint density at radius 3 is 3.06 bits per heavy atom. The Labute approximate surface area is 97.1 Å². The molecule has 1 nitrogen and oxygen atoms in total. The third-order valence-electron chi connectivity index (χ3n) is 3.62. The van der Waals surface area contributed by atoms with Crippen molar-refractivity contribution in [3.05, 3.63) is 35.1 Å². The molecule has 2 unspecified atom stereocenters. The molecule has 1 N–H and O–H groups in total. The summed E-state index contributed by atoms with van der Waals surface area (Å²) < 4.78 is 13.5. The van der Waals surface area contributed by atoms with Crippen LogP contribution in [0.3, 0.4) is 0 Å². The highest BCUT2D eigenvalue weighted by molar-refractivity contribution is 5.35. The number of fused-ring (bicyclic) bond motifs is 1. The van der Waals surface area contributed by atoms with Gasteiger partial charge < -0.3 is 5.32 Å². The summed E-state index contributed by atoms with van der Waals surface area (Å²) in [6.45, 7) is 5.47. The third-order valence-corrected chi connectivity index (χ3v) is 3.62. The molecule has 2 atom stereocenters. The first-order chi connectivity index (χ1) is 7.72. The van der Waals surface area contributed by atoms with Gasteiger partial charge in [0.15, 0.2) is 0 Å². The van der Waals surface area contributed by atoms with E-state index < -0.39 is 0 Å². The topological polar surface area (TPSA) is 12.0 Å². The summed E-state index contributed by atoms with van der Waals surface area (Å²) >= 11 is 0. The summed E-state index contributed by atoms with van der Waals surface area (Å²) in [7, 11) is 0. The molecular weight excluding hydrogens is 201 g/mol. The summed E-state index contributed by atoms with van der Waals surface area (Å²) in [5, 5.41) is 3.55. The minimum absolute atomic E-state index is 0.0367. The van der Waals surface area contributed by atoms with E-state index in [4.69, 9.17) is 0 Å². The van der Waals surface area contributed by atoms with Gasteiger partial charge in [-0.2, -0.15) is 0 Å². The SMILES string of the molecule is CCC(C)CNC1CCc2c(F)cccc21. The molecule has 1 aromatic rings. The first-order valence-corrected chi connectivity index (χ1v) is 6.23. The van der Waals surface area contributed by atoms with Gasteiger partial charge in [0, 0.05) is 6.04 Å². The van der Waals surface area contributed by atoms with Gasteiger partial charge in [-0.1, -0.05) is 32.4 Å². The molecule has 0 aromatic heterocycles. The second-order valence-corrected chi connectivity index (χ2v) is 4.82. The fourth-order valence-corrected chi connectivity index (χ4v) is 2.31. The van der Waals surface area contributed by atoms with Crippen molar-refractivity contribution in [1.82, 2.24) is 5.32 Å². The van der Waals surface area contributed by atoms with Crippen LogP contribution in [0.5, 0.6) is 0 Å². The summed E-state index contributed by atoms with van der Waals surface area (Å²) in [6.07, 6.45) is 3.10. The molecule has 0 radical (unpaired) electrons. The zero-order valence-corrected chi connectivity index (χ0v) is 10.1. The van der Waals surface area contributed by atoms with Gasteiger partial charge in [-0.25, -0.2) is 4.39 Å².